The standard InChI is InChI=1S/C22H14.2C18H12.2C14H10.10C5H12.5C2H6/c1-2-6-16-10-20-14-22-12-18-8-4-3-7-17(18)11-21(22)13-19(20)9-15(16)5-1;1-3-7-15-13(5-1)9-11-18-16-8-4-2-6-14(16)10-12-17(15)18;1-2-6-14-10-18-12-16-8-4-3-7-15(16)11-17(18)9-13(14)5-1;1-3-7-13-11(5-1)9-10-12-6-2-4-8-14(12)13;1-2-6-12-10-14-8-4-3-7-13(14)9-11(12)5-1;10*1-5(2,3)4;5*1-2/h1-14H;2*1-12H;2*1-10H;10*1-4H3;5*1-2H3. The normalized spacial score (nSPS) is 10.9. The van der Waals surface area contributed by atoms with Gasteiger partial charge in [-0.25, -0.2) is 0 Å². The zero-order valence-corrected chi connectivity index (χ0v) is 102. The summed E-state index contributed by atoms with van der Waals surface area (Å²) in [5.74, 6) is 0. The first-order valence-electron chi connectivity index (χ1n) is 54.7. The molecule has 0 nitrogen and oxygen atoms in total. The van der Waals surface area contributed by atoms with Crippen LogP contribution in [0.2, 0.25) is 0 Å². The lowest BCUT2D eigenvalue weighted by Crippen LogP contribution is -1.93. The van der Waals surface area contributed by atoms with Gasteiger partial charge in [-0.1, -0.05) is 625 Å². The predicted octanol–water partition coefficient (Wildman–Crippen LogP) is 50.2. The van der Waals surface area contributed by atoms with Gasteiger partial charge in [0.2, 0.25) is 0 Å². The van der Waals surface area contributed by atoms with Gasteiger partial charge in [-0.05, 0) is 278 Å². The van der Waals surface area contributed by atoms with E-state index in [1.807, 2.05) is 69.2 Å². The number of rotatable bonds is 0. The molecule has 0 fully saturated rings. The van der Waals surface area contributed by atoms with E-state index in [1.165, 1.54) is 151 Å². The SMILES string of the molecule is CC.CC.CC.CC.CC.CC(C)(C)C.CC(C)(C)C.CC(C)(C)C.CC(C)(C)C.CC(C)(C)C.CC(C)(C)C.CC(C)(C)C.CC(C)(C)C.CC(C)(C)C.CC(C)(C)C.c1ccc2c(c1)ccc1c3ccccc3ccc21.c1ccc2c(c1)ccc1ccccc12.c1ccc2cc3cc4cc5ccccc5cc4cc3cc2c1.c1ccc2cc3cc4ccccc4cc3cc2c1.c1ccc2cc3ccccc3cc2c1. The minimum absolute atomic E-state index is 0.500. The second kappa shape index (κ2) is 64.8. The van der Waals surface area contributed by atoms with Crippen LogP contribution in [0.4, 0.5) is 0 Å². The van der Waals surface area contributed by atoms with Crippen LogP contribution in [0.1, 0.15) is 346 Å². The van der Waals surface area contributed by atoms with E-state index in [9.17, 15) is 0 Å². The Morgan fingerprint density at radius 1 is 0.0822 bits per heavy atom. The molecule has 0 spiro atoms. The second-order valence-electron chi connectivity index (χ2n) is 52.4. The van der Waals surface area contributed by atoms with E-state index in [0.29, 0.717) is 54.1 Å². The van der Waals surface area contributed by atoms with Gasteiger partial charge in [0.15, 0.2) is 0 Å². The van der Waals surface area contributed by atoms with E-state index in [0.717, 1.165) is 0 Å². The lowest BCUT2D eigenvalue weighted by atomic mass is 9.97. The summed E-state index contributed by atoms with van der Waals surface area (Å²) in [4.78, 5) is 0. The third kappa shape index (κ3) is 64.1. The molecule has 19 aromatic carbocycles. The maximum atomic E-state index is 2.31. The van der Waals surface area contributed by atoms with E-state index in [1.54, 1.807) is 0 Å². The van der Waals surface area contributed by atoms with Crippen molar-refractivity contribution in [3.05, 3.63) is 352 Å². The topological polar surface area (TPSA) is 0 Å². The largest absolute Gasteiger partial charge is 0.0683 e. The summed E-state index contributed by atoms with van der Waals surface area (Å²) in [5.41, 5.74) is 5.00. The molecule has 0 saturated carbocycles. The van der Waals surface area contributed by atoms with Crippen molar-refractivity contribution in [1.29, 1.82) is 0 Å². The van der Waals surface area contributed by atoms with Crippen LogP contribution in [0.5, 0.6) is 0 Å². The lowest BCUT2D eigenvalue weighted by molar-refractivity contribution is 0.469. The minimum Gasteiger partial charge on any atom is -0.0683 e. The van der Waals surface area contributed by atoms with Gasteiger partial charge in [0.1, 0.15) is 0 Å². The quantitative estimate of drug-likeness (QED) is 0.105. The van der Waals surface area contributed by atoms with Crippen LogP contribution in [-0.4, -0.2) is 0 Å². The minimum atomic E-state index is 0.500. The summed E-state index contributed by atoms with van der Waals surface area (Å²) in [6, 6.07) is 126. The Balaban J connectivity index is 0.00000159. The van der Waals surface area contributed by atoms with Crippen molar-refractivity contribution in [3.8, 4) is 0 Å². The van der Waals surface area contributed by atoms with Gasteiger partial charge in [0.25, 0.3) is 0 Å². The highest BCUT2D eigenvalue weighted by atomic mass is 14.1. The van der Waals surface area contributed by atoms with Gasteiger partial charge in [0.05, 0.1) is 0 Å². The highest BCUT2D eigenvalue weighted by molar-refractivity contribution is 6.17. The molecule has 19 aromatic rings. The van der Waals surface area contributed by atoms with Crippen LogP contribution in [-0.2, 0) is 0 Å². The Morgan fingerprint density at radius 2 is 0.158 bits per heavy atom. The molecule has 19 rings (SSSR count). The fourth-order valence-corrected chi connectivity index (χ4v) is 12.6. The third-order valence-electron chi connectivity index (χ3n) is 17.0. The average Bonchev–Trinajstić information content (AvgIpc) is 0.961. The molecule has 0 aliphatic heterocycles. The fraction of sp³-hybridized carbons (Fsp3) is 0.411. The van der Waals surface area contributed by atoms with E-state index in [4.69, 9.17) is 0 Å². The predicted molar refractivity (Wildman–Crippen MR) is 685 cm³/mol. The van der Waals surface area contributed by atoms with Gasteiger partial charge in [-0.2, -0.15) is 0 Å². The molecule has 0 N–H and O–H groups in total. The van der Waals surface area contributed by atoms with E-state index in [2.05, 4.69) is 629 Å². The van der Waals surface area contributed by atoms with Crippen molar-refractivity contribution < 1.29 is 0 Å². The Labute approximate surface area is 896 Å². The zero-order valence-electron chi connectivity index (χ0n) is 102. The zero-order chi connectivity index (χ0) is 112. The first kappa shape index (κ1) is 135. The molecule has 0 unspecified atom stereocenters. The molecule has 0 saturated heterocycles. The third-order valence-corrected chi connectivity index (χ3v) is 17.0. The first-order chi connectivity index (χ1) is 67.6. The van der Waals surface area contributed by atoms with E-state index < -0.39 is 0 Å². The molecule has 146 heavy (non-hydrogen) atoms. The smallest absolute Gasteiger partial charge is 0.00990 e. The van der Waals surface area contributed by atoms with E-state index in [-0.39, 0.29) is 0 Å². The maximum Gasteiger partial charge on any atom is -0.00990 e. The van der Waals surface area contributed by atoms with Gasteiger partial charge < -0.3 is 0 Å². The molecular formula is C146H208. The molecule has 0 bridgehead atoms. The van der Waals surface area contributed by atoms with Crippen LogP contribution in [0, 0.1) is 54.1 Å². The second-order valence-corrected chi connectivity index (χ2v) is 52.4. The number of fused-ring (bicyclic) bond motifs is 17. The molecule has 0 amide bonds. The molecule has 0 atom stereocenters. The van der Waals surface area contributed by atoms with Crippen LogP contribution >= 0.6 is 0 Å². The van der Waals surface area contributed by atoms with Crippen LogP contribution < -0.4 is 0 Å². The summed E-state index contributed by atoms with van der Waals surface area (Å²) in [6.45, 7) is 108. The Bertz CT molecular complexity index is 5990. The Hall–Kier alpha value is -11.2. The molecule has 0 heteroatoms. The molecule has 0 aliphatic carbocycles. The summed E-state index contributed by atoms with van der Waals surface area (Å²) in [6.07, 6.45) is 0. The molecule has 792 valence electrons. The fourth-order valence-electron chi connectivity index (χ4n) is 12.6. The van der Waals surface area contributed by atoms with Crippen molar-refractivity contribution in [3.63, 3.8) is 0 Å². The van der Waals surface area contributed by atoms with Crippen LogP contribution in [0.15, 0.2) is 352 Å². The molecule has 0 aliphatic rings. The number of benzene rings is 19. The molecule has 0 radical (unpaired) electrons. The van der Waals surface area contributed by atoms with Crippen molar-refractivity contribution in [2.24, 2.45) is 54.1 Å². The maximum absolute atomic E-state index is 2.31. The van der Waals surface area contributed by atoms with Crippen LogP contribution in [0.25, 0.3) is 151 Å². The molecule has 0 heterocycles. The first-order valence-corrected chi connectivity index (χ1v) is 54.7. The van der Waals surface area contributed by atoms with Crippen molar-refractivity contribution in [2.45, 2.75) is 346 Å². The Kier molecular flexibility index (Phi) is 59.9. The van der Waals surface area contributed by atoms with E-state index >= 15 is 0 Å². The van der Waals surface area contributed by atoms with Gasteiger partial charge >= 0.3 is 0 Å². The van der Waals surface area contributed by atoms with Gasteiger partial charge in [-0.3, -0.25) is 0 Å². The Morgan fingerprint density at radius 3 is 0.274 bits per heavy atom. The molecule has 0 aromatic heterocycles. The number of hydrogen-bond acceptors (Lipinski definition) is 0. The van der Waals surface area contributed by atoms with Gasteiger partial charge in [0, 0.05) is 0 Å². The molecular weight excluding hydrogens is 1750 g/mol. The number of hydrogen-bond donors (Lipinski definition) is 0. The summed E-state index contributed by atoms with van der Waals surface area (Å²) < 4.78 is 0. The highest BCUT2D eigenvalue weighted by Gasteiger charge is 2.10. The average molecular weight is 1960 g/mol. The van der Waals surface area contributed by atoms with Crippen molar-refractivity contribution >= 4 is 151 Å². The summed E-state index contributed by atoms with van der Waals surface area (Å²) >= 11 is 0. The summed E-state index contributed by atoms with van der Waals surface area (Å²) in [5, 5.41) is 36.8. The van der Waals surface area contributed by atoms with Crippen molar-refractivity contribution in [2.75, 3.05) is 0 Å². The van der Waals surface area contributed by atoms with Gasteiger partial charge in [-0.15, -0.1) is 0 Å². The monoisotopic (exact) mass is 1960 g/mol. The van der Waals surface area contributed by atoms with Crippen LogP contribution in [0.3, 0.4) is 0 Å². The highest BCUT2D eigenvalue weighted by Crippen LogP contribution is 2.35. The van der Waals surface area contributed by atoms with Crippen molar-refractivity contribution in [1.82, 2.24) is 0 Å². The lowest BCUT2D eigenvalue weighted by Gasteiger charge is -2.07. The summed E-state index contributed by atoms with van der Waals surface area (Å²) in [7, 11) is 0.